The van der Waals surface area contributed by atoms with E-state index in [9.17, 15) is 29.1 Å². The predicted molar refractivity (Wildman–Crippen MR) is 237 cm³/mol. The van der Waals surface area contributed by atoms with Crippen LogP contribution in [0.5, 0.6) is 5.75 Å². The minimum Gasteiger partial charge on any atom is -0.508 e. The van der Waals surface area contributed by atoms with E-state index in [0.29, 0.717) is 51.3 Å². The van der Waals surface area contributed by atoms with Gasteiger partial charge in [-0.05, 0) is 56.0 Å². The molecule has 8 rings (SSSR count). The van der Waals surface area contributed by atoms with Gasteiger partial charge in [-0.15, -0.1) is 6.58 Å². The van der Waals surface area contributed by atoms with Gasteiger partial charge in [-0.25, -0.2) is 14.8 Å². The fourth-order valence-corrected chi connectivity index (χ4v) is 9.63. The molecule has 3 aromatic carbocycles. The molecule has 5 heterocycles. The summed E-state index contributed by atoms with van der Waals surface area (Å²) in [4.78, 5) is 80.0. The Bertz CT molecular complexity index is 2380. The van der Waals surface area contributed by atoms with E-state index < -0.39 is 17.8 Å². The van der Waals surface area contributed by atoms with Crippen LogP contribution in [0.1, 0.15) is 54.2 Å². The van der Waals surface area contributed by atoms with E-state index in [4.69, 9.17) is 4.74 Å². The van der Waals surface area contributed by atoms with Crippen LogP contribution >= 0.6 is 0 Å². The van der Waals surface area contributed by atoms with Gasteiger partial charge in [-0.1, -0.05) is 66.7 Å². The SMILES string of the molecule is C=CCN1CC(=O)N2[C@@H](Cc3ccc(O)cc3)C(=O)N(Cc3cccc4c(C(=O)N5CCN6CCN(C(=O)OC(C)(C)C)CC6C5)cn(C)c34)C[C@@H]2N1C(=O)CCc1ccccc1. The topological polar surface area (TPSA) is 142 Å². The number of para-hydroxylation sites is 1. The third kappa shape index (κ3) is 9.16. The van der Waals surface area contributed by atoms with Crippen LogP contribution in [0.15, 0.2) is 91.6 Å². The third-order valence-electron chi connectivity index (χ3n) is 12.6. The summed E-state index contributed by atoms with van der Waals surface area (Å²) >= 11 is 0. The van der Waals surface area contributed by atoms with E-state index in [1.54, 1.807) is 55.1 Å². The van der Waals surface area contributed by atoms with Crippen molar-refractivity contribution in [3.63, 3.8) is 0 Å². The molecule has 1 N–H and O–H groups in total. The number of rotatable bonds is 10. The summed E-state index contributed by atoms with van der Waals surface area (Å²) in [6.07, 6.45) is 3.28. The summed E-state index contributed by atoms with van der Waals surface area (Å²) in [5, 5.41) is 14.2. The van der Waals surface area contributed by atoms with Crippen LogP contribution in [-0.4, -0.2) is 157 Å². The van der Waals surface area contributed by atoms with Gasteiger partial charge in [0.2, 0.25) is 17.7 Å². The van der Waals surface area contributed by atoms with Gasteiger partial charge < -0.3 is 34.0 Å². The number of hydrogen-bond acceptors (Lipinski definition) is 9. The molecule has 0 saturated carbocycles. The molecule has 15 heteroatoms. The predicted octanol–water partition coefficient (Wildman–Crippen LogP) is 4.25. The second-order valence-electron chi connectivity index (χ2n) is 18.1. The monoisotopic (exact) mass is 858 g/mol. The first-order valence-electron chi connectivity index (χ1n) is 21.9. The number of aromatic nitrogens is 1. The average molecular weight is 859 g/mol. The number of hydrazine groups is 1. The summed E-state index contributed by atoms with van der Waals surface area (Å²) in [6, 6.07) is 21.2. The maximum Gasteiger partial charge on any atom is 0.410 e. The molecule has 4 fully saturated rings. The Morgan fingerprint density at radius 1 is 0.873 bits per heavy atom. The van der Waals surface area contributed by atoms with Gasteiger partial charge in [0.1, 0.15) is 23.6 Å². The Morgan fingerprint density at radius 2 is 1.59 bits per heavy atom. The highest BCUT2D eigenvalue weighted by molar-refractivity contribution is 6.08. The van der Waals surface area contributed by atoms with Gasteiger partial charge in [0.05, 0.1) is 24.2 Å². The Labute approximate surface area is 368 Å². The normalized spacial score (nSPS) is 21.1. The number of piperazine rings is 3. The summed E-state index contributed by atoms with van der Waals surface area (Å²) in [5.41, 5.74) is 3.35. The number of phenolic OH excluding ortho intramolecular Hbond substituents is 1. The lowest BCUT2D eigenvalue weighted by molar-refractivity contribution is -0.205. The molecular formula is C48H58N8O7. The lowest BCUT2D eigenvalue weighted by Crippen LogP contribution is -2.75. The molecule has 0 radical (unpaired) electrons. The number of hydrogen-bond donors (Lipinski definition) is 1. The van der Waals surface area contributed by atoms with E-state index in [1.165, 1.54) is 0 Å². The minimum absolute atomic E-state index is 0.0208. The number of benzene rings is 3. The van der Waals surface area contributed by atoms with Crippen molar-refractivity contribution in [3.8, 4) is 5.75 Å². The highest BCUT2D eigenvalue weighted by Crippen LogP contribution is 2.33. The fraction of sp³-hybridized carbons (Fsp3) is 0.438. The second-order valence-corrected chi connectivity index (χ2v) is 18.1. The van der Waals surface area contributed by atoms with E-state index >= 15 is 0 Å². The summed E-state index contributed by atoms with van der Waals surface area (Å²) < 4.78 is 7.59. The first kappa shape index (κ1) is 43.5. The highest BCUT2D eigenvalue weighted by Gasteiger charge is 2.51. The molecule has 1 aromatic heterocycles. The largest absolute Gasteiger partial charge is 0.508 e. The molecular weight excluding hydrogens is 801 g/mol. The zero-order valence-electron chi connectivity index (χ0n) is 36.7. The highest BCUT2D eigenvalue weighted by atomic mass is 16.6. The van der Waals surface area contributed by atoms with Gasteiger partial charge in [0.25, 0.3) is 5.91 Å². The average Bonchev–Trinajstić information content (AvgIpc) is 3.60. The number of amides is 5. The maximum atomic E-state index is 14.8. The summed E-state index contributed by atoms with van der Waals surface area (Å²) in [5.74, 6) is -0.690. The van der Waals surface area contributed by atoms with Crippen molar-refractivity contribution in [2.75, 3.05) is 58.9 Å². The van der Waals surface area contributed by atoms with Crippen molar-refractivity contribution in [1.82, 2.24) is 39.1 Å². The number of aryl methyl sites for hydroxylation is 2. The number of phenols is 1. The Hall–Kier alpha value is -6.19. The van der Waals surface area contributed by atoms with Crippen molar-refractivity contribution >= 4 is 40.6 Å². The van der Waals surface area contributed by atoms with Crippen molar-refractivity contribution in [3.05, 3.63) is 114 Å². The van der Waals surface area contributed by atoms with Crippen LogP contribution in [-0.2, 0) is 45.6 Å². The molecule has 4 saturated heterocycles. The number of aromatic hydroxyl groups is 1. The van der Waals surface area contributed by atoms with Gasteiger partial charge in [0, 0.05) is 89.9 Å². The minimum atomic E-state index is -0.925. The lowest BCUT2D eigenvalue weighted by atomic mass is 9.97. The summed E-state index contributed by atoms with van der Waals surface area (Å²) in [7, 11) is 1.90. The number of carbonyl (C=O) groups excluding carboxylic acids is 5. The van der Waals surface area contributed by atoms with E-state index in [1.807, 2.05) is 92.0 Å². The number of nitrogens with zero attached hydrogens (tertiary/aromatic N) is 8. The van der Waals surface area contributed by atoms with Crippen molar-refractivity contribution in [1.29, 1.82) is 0 Å². The standard InChI is InChI=1S/C48H58N8O7/c1-6-21-54-32-43(59)55-40(26-34-15-18-37(57)19-16-34)46(61)53(31-41(55)56(54)42(58)20-17-33-11-8-7-9-12-33)27-35-13-10-14-38-39(30-49(5)44(35)38)45(60)51-24-22-50-23-25-52(29-36(50)28-51)47(62)63-48(2,3)4/h6-16,18-19,30,36,40-41,57H,1,17,20-29,31-32H2,2-5H3/t36?,40-,41-/m0/s1. The molecule has 0 bridgehead atoms. The van der Waals surface area contributed by atoms with E-state index in [0.717, 1.165) is 27.6 Å². The second kappa shape index (κ2) is 17.9. The number of fused-ring (bicyclic) bond motifs is 3. The molecule has 3 atom stereocenters. The third-order valence-corrected chi connectivity index (χ3v) is 12.6. The van der Waals surface area contributed by atoms with Crippen LogP contribution in [0.2, 0.25) is 0 Å². The van der Waals surface area contributed by atoms with Crippen molar-refractivity contribution in [2.45, 2.75) is 70.4 Å². The molecule has 5 amide bonds. The summed E-state index contributed by atoms with van der Waals surface area (Å²) in [6.45, 7) is 13.4. The van der Waals surface area contributed by atoms with E-state index in [-0.39, 0.29) is 80.5 Å². The molecule has 1 unspecified atom stereocenters. The Balaban J connectivity index is 1.07. The molecule has 63 heavy (non-hydrogen) atoms. The zero-order valence-corrected chi connectivity index (χ0v) is 36.7. The fourth-order valence-electron chi connectivity index (χ4n) is 9.63. The first-order valence-corrected chi connectivity index (χ1v) is 21.9. The van der Waals surface area contributed by atoms with E-state index in [2.05, 4.69) is 11.5 Å². The zero-order chi connectivity index (χ0) is 44.6. The Kier molecular flexibility index (Phi) is 12.3. The smallest absolute Gasteiger partial charge is 0.410 e. The molecule has 4 aliphatic rings. The number of ether oxygens (including phenoxy) is 1. The molecule has 4 aromatic rings. The number of carbonyl (C=O) groups is 5. The lowest BCUT2D eigenvalue weighted by Gasteiger charge is -2.55. The van der Waals surface area contributed by atoms with Gasteiger partial charge >= 0.3 is 6.09 Å². The molecule has 0 spiro atoms. The van der Waals surface area contributed by atoms with Gasteiger partial charge in [0.15, 0.2) is 0 Å². The van der Waals surface area contributed by atoms with Crippen molar-refractivity contribution in [2.24, 2.45) is 7.05 Å². The molecule has 4 aliphatic heterocycles. The van der Waals surface area contributed by atoms with Gasteiger partial charge in [-0.3, -0.25) is 24.1 Å². The molecule has 0 aliphatic carbocycles. The van der Waals surface area contributed by atoms with Crippen LogP contribution in [0.25, 0.3) is 10.9 Å². The first-order chi connectivity index (χ1) is 30.2. The van der Waals surface area contributed by atoms with Crippen LogP contribution in [0.4, 0.5) is 4.79 Å². The Morgan fingerprint density at radius 3 is 2.30 bits per heavy atom. The quantitative estimate of drug-likeness (QED) is 0.232. The van der Waals surface area contributed by atoms with Crippen molar-refractivity contribution < 1.29 is 33.8 Å². The molecule has 15 nitrogen and oxygen atoms in total. The van der Waals surface area contributed by atoms with Crippen LogP contribution < -0.4 is 0 Å². The van der Waals surface area contributed by atoms with Crippen LogP contribution in [0, 0.1) is 0 Å². The maximum absolute atomic E-state index is 14.8. The van der Waals surface area contributed by atoms with Crippen LogP contribution in [0.3, 0.4) is 0 Å². The molecule has 332 valence electrons. The van der Waals surface area contributed by atoms with Gasteiger partial charge in [-0.2, -0.15) is 0 Å².